The molecule has 0 bridgehead atoms. The summed E-state index contributed by atoms with van der Waals surface area (Å²) >= 11 is 0. The van der Waals surface area contributed by atoms with E-state index in [1.807, 2.05) is 49.4 Å². The van der Waals surface area contributed by atoms with Crippen molar-refractivity contribution in [1.82, 2.24) is 0 Å². The molecular weight excluding hydrogens is 132 g/mol. The molecule has 11 heavy (non-hydrogen) atoms. The standard InChI is InChI=1S/C11H10/c1-2-3-5-8-11-9-6-4-7-10-11/h4-10H,1H3/b8-5-. The predicted molar refractivity (Wildman–Crippen MR) is 48.9 cm³/mol. The van der Waals surface area contributed by atoms with Gasteiger partial charge in [-0.2, -0.15) is 0 Å². The van der Waals surface area contributed by atoms with Crippen molar-refractivity contribution in [1.29, 1.82) is 0 Å². The van der Waals surface area contributed by atoms with Crippen LogP contribution >= 0.6 is 0 Å². The molecular formula is C11H10. The summed E-state index contributed by atoms with van der Waals surface area (Å²) in [4.78, 5) is 0. The minimum absolute atomic E-state index is 1.19. The van der Waals surface area contributed by atoms with E-state index in [9.17, 15) is 0 Å². The highest BCUT2D eigenvalue weighted by molar-refractivity contribution is 5.52. The molecule has 0 aliphatic rings. The first kappa shape index (κ1) is 7.63. The van der Waals surface area contributed by atoms with Crippen LogP contribution < -0.4 is 0 Å². The average molecular weight is 142 g/mol. The van der Waals surface area contributed by atoms with Crippen LogP contribution in [0.5, 0.6) is 0 Å². The average Bonchev–Trinajstić information content (AvgIpc) is 2.07. The van der Waals surface area contributed by atoms with Crippen molar-refractivity contribution in [2.45, 2.75) is 6.92 Å². The Bertz CT molecular complexity index is 283. The summed E-state index contributed by atoms with van der Waals surface area (Å²) in [6.45, 7) is 1.83. The Morgan fingerprint density at radius 1 is 1.18 bits per heavy atom. The fraction of sp³-hybridized carbons (Fsp3) is 0.0909. The molecule has 1 aromatic carbocycles. The first-order chi connectivity index (χ1) is 5.43. The Kier molecular flexibility index (Phi) is 3.02. The maximum Gasteiger partial charge on any atom is -0.00235 e. The van der Waals surface area contributed by atoms with Crippen molar-refractivity contribution >= 4 is 6.08 Å². The summed E-state index contributed by atoms with van der Waals surface area (Å²) in [5.74, 6) is 5.67. The number of rotatable bonds is 1. The number of benzene rings is 1. The molecule has 0 nitrogen and oxygen atoms in total. The van der Waals surface area contributed by atoms with Crippen LogP contribution in [0.15, 0.2) is 36.4 Å². The molecule has 0 amide bonds. The zero-order chi connectivity index (χ0) is 7.94. The molecule has 0 spiro atoms. The molecule has 1 rings (SSSR count). The van der Waals surface area contributed by atoms with Gasteiger partial charge < -0.3 is 0 Å². The number of hydrogen-bond donors (Lipinski definition) is 0. The van der Waals surface area contributed by atoms with Gasteiger partial charge in [0.25, 0.3) is 0 Å². The zero-order valence-electron chi connectivity index (χ0n) is 6.54. The van der Waals surface area contributed by atoms with Crippen molar-refractivity contribution in [3.63, 3.8) is 0 Å². The fourth-order valence-corrected chi connectivity index (χ4v) is 0.785. The molecule has 0 heteroatoms. The Balaban J connectivity index is 2.69. The molecule has 1 aromatic rings. The van der Waals surface area contributed by atoms with Crippen LogP contribution in [-0.4, -0.2) is 0 Å². The molecule has 0 fully saturated rings. The van der Waals surface area contributed by atoms with Gasteiger partial charge in [-0.05, 0) is 24.6 Å². The molecule has 0 atom stereocenters. The van der Waals surface area contributed by atoms with Crippen molar-refractivity contribution in [2.75, 3.05) is 0 Å². The molecule has 0 unspecified atom stereocenters. The van der Waals surface area contributed by atoms with E-state index in [0.717, 1.165) is 0 Å². The number of hydrogen-bond acceptors (Lipinski definition) is 0. The molecule has 0 aliphatic carbocycles. The first-order valence-electron chi connectivity index (χ1n) is 3.57. The Hall–Kier alpha value is -1.48. The van der Waals surface area contributed by atoms with Crippen LogP contribution in [0.1, 0.15) is 12.5 Å². The van der Waals surface area contributed by atoms with Gasteiger partial charge in [0.2, 0.25) is 0 Å². The molecule has 0 N–H and O–H groups in total. The highest BCUT2D eigenvalue weighted by Gasteiger charge is 1.78. The van der Waals surface area contributed by atoms with Gasteiger partial charge in [0.05, 0.1) is 0 Å². The minimum Gasteiger partial charge on any atom is -0.102 e. The summed E-state index contributed by atoms with van der Waals surface area (Å²) in [6, 6.07) is 10.1. The third-order valence-corrected chi connectivity index (χ3v) is 1.30. The van der Waals surface area contributed by atoms with Gasteiger partial charge >= 0.3 is 0 Å². The summed E-state index contributed by atoms with van der Waals surface area (Å²) < 4.78 is 0. The van der Waals surface area contributed by atoms with E-state index in [2.05, 4.69) is 11.8 Å². The third kappa shape index (κ3) is 2.73. The molecule has 0 heterocycles. The summed E-state index contributed by atoms with van der Waals surface area (Å²) in [6.07, 6.45) is 3.85. The van der Waals surface area contributed by atoms with Crippen molar-refractivity contribution in [2.24, 2.45) is 0 Å². The third-order valence-electron chi connectivity index (χ3n) is 1.30. The van der Waals surface area contributed by atoms with Crippen LogP contribution in [0.4, 0.5) is 0 Å². The van der Waals surface area contributed by atoms with Gasteiger partial charge in [-0.1, -0.05) is 36.3 Å². The lowest BCUT2D eigenvalue weighted by Crippen LogP contribution is -1.66. The van der Waals surface area contributed by atoms with Gasteiger partial charge in [-0.15, -0.1) is 5.92 Å². The largest absolute Gasteiger partial charge is 0.102 e. The quantitative estimate of drug-likeness (QED) is 0.529. The summed E-state index contributed by atoms with van der Waals surface area (Å²) in [7, 11) is 0. The molecule has 0 radical (unpaired) electrons. The van der Waals surface area contributed by atoms with Gasteiger partial charge in [-0.3, -0.25) is 0 Å². The lowest BCUT2D eigenvalue weighted by atomic mass is 10.2. The lowest BCUT2D eigenvalue weighted by Gasteiger charge is -1.86. The van der Waals surface area contributed by atoms with Crippen LogP contribution in [0.2, 0.25) is 0 Å². The van der Waals surface area contributed by atoms with Gasteiger partial charge in [0, 0.05) is 0 Å². The smallest absolute Gasteiger partial charge is 0.00235 e. The normalized spacial score (nSPS) is 9.18. The first-order valence-corrected chi connectivity index (χ1v) is 3.57. The maximum atomic E-state index is 2.87. The highest BCUT2D eigenvalue weighted by atomic mass is 13.8. The highest BCUT2D eigenvalue weighted by Crippen LogP contribution is 1.99. The van der Waals surface area contributed by atoms with Crippen LogP contribution in [-0.2, 0) is 0 Å². The van der Waals surface area contributed by atoms with E-state index < -0.39 is 0 Å². The van der Waals surface area contributed by atoms with Crippen LogP contribution in [0.25, 0.3) is 6.08 Å². The fourth-order valence-electron chi connectivity index (χ4n) is 0.785. The van der Waals surface area contributed by atoms with Crippen molar-refractivity contribution < 1.29 is 0 Å². The number of allylic oxidation sites excluding steroid dienone is 1. The maximum absolute atomic E-state index is 2.87. The molecule has 0 aliphatic heterocycles. The molecule has 0 saturated carbocycles. The minimum atomic E-state index is 1.19. The SMILES string of the molecule is CC#C/C=C\c1ccccc1. The van der Waals surface area contributed by atoms with Crippen molar-refractivity contribution in [3.05, 3.63) is 42.0 Å². The molecule has 54 valence electrons. The van der Waals surface area contributed by atoms with Gasteiger partial charge in [0.1, 0.15) is 0 Å². The van der Waals surface area contributed by atoms with Gasteiger partial charge in [0.15, 0.2) is 0 Å². The van der Waals surface area contributed by atoms with E-state index >= 15 is 0 Å². The second-order valence-corrected chi connectivity index (χ2v) is 2.14. The van der Waals surface area contributed by atoms with E-state index in [1.54, 1.807) is 0 Å². The van der Waals surface area contributed by atoms with E-state index in [4.69, 9.17) is 0 Å². The summed E-state index contributed by atoms with van der Waals surface area (Å²) in [5.41, 5.74) is 1.19. The summed E-state index contributed by atoms with van der Waals surface area (Å²) in [5, 5.41) is 0. The second-order valence-electron chi connectivity index (χ2n) is 2.14. The topological polar surface area (TPSA) is 0 Å². The monoisotopic (exact) mass is 142 g/mol. The van der Waals surface area contributed by atoms with E-state index in [1.165, 1.54) is 5.56 Å². The Morgan fingerprint density at radius 2 is 1.91 bits per heavy atom. The van der Waals surface area contributed by atoms with E-state index in [-0.39, 0.29) is 0 Å². The van der Waals surface area contributed by atoms with Crippen LogP contribution in [0, 0.1) is 11.8 Å². The lowest BCUT2D eigenvalue weighted by molar-refractivity contribution is 1.66. The Morgan fingerprint density at radius 3 is 2.55 bits per heavy atom. The molecule has 0 saturated heterocycles. The van der Waals surface area contributed by atoms with E-state index in [0.29, 0.717) is 0 Å². The Labute approximate surface area is 67.6 Å². The zero-order valence-corrected chi connectivity index (χ0v) is 6.54. The predicted octanol–water partition coefficient (Wildman–Crippen LogP) is 2.72. The van der Waals surface area contributed by atoms with Gasteiger partial charge in [-0.25, -0.2) is 0 Å². The van der Waals surface area contributed by atoms with Crippen LogP contribution in [0.3, 0.4) is 0 Å². The van der Waals surface area contributed by atoms with Crippen molar-refractivity contribution in [3.8, 4) is 11.8 Å². The molecule has 0 aromatic heterocycles. The second kappa shape index (κ2) is 4.35.